The largest absolute Gasteiger partial charge is 0.351 e. The Kier molecular flexibility index (Phi) is 8.49. The molecule has 0 spiro atoms. The summed E-state index contributed by atoms with van der Waals surface area (Å²) < 4.78 is 28.3. The van der Waals surface area contributed by atoms with Gasteiger partial charge in [0.05, 0.1) is 14.6 Å². The molecule has 0 aliphatic carbocycles. The van der Waals surface area contributed by atoms with Crippen LogP contribution in [0.3, 0.4) is 0 Å². The molecular formula is C28H30ClN5O3S2. The molecule has 1 aliphatic rings. The first kappa shape index (κ1) is 27.5. The third-order valence-corrected chi connectivity index (χ3v) is 9.99. The Balaban J connectivity index is 1.08. The fourth-order valence-electron chi connectivity index (χ4n) is 4.51. The molecule has 39 heavy (non-hydrogen) atoms. The van der Waals surface area contributed by atoms with Crippen molar-refractivity contribution in [2.75, 3.05) is 51.2 Å². The molecule has 3 aromatic carbocycles. The molecule has 2 heterocycles. The van der Waals surface area contributed by atoms with Crippen molar-refractivity contribution < 1.29 is 13.2 Å². The van der Waals surface area contributed by atoms with Gasteiger partial charge in [-0.2, -0.15) is 4.31 Å². The summed E-state index contributed by atoms with van der Waals surface area (Å²) in [7, 11) is -2.11. The predicted octanol–water partition coefficient (Wildman–Crippen LogP) is 4.32. The number of para-hydroxylation sites is 1. The zero-order chi connectivity index (χ0) is 27.4. The van der Waals surface area contributed by atoms with E-state index < -0.39 is 10.0 Å². The molecule has 8 nitrogen and oxygen atoms in total. The summed E-state index contributed by atoms with van der Waals surface area (Å²) in [6.45, 7) is 5.00. The molecule has 0 bridgehead atoms. The van der Waals surface area contributed by atoms with Gasteiger partial charge in [-0.1, -0.05) is 59.3 Å². The molecule has 204 valence electrons. The van der Waals surface area contributed by atoms with Gasteiger partial charge >= 0.3 is 0 Å². The highest BCUT2D eigenvalue weighted by molar-refractivity contribution is 7.89. The minimum Gasteiger partial charge on any atom is -0.351 e. The highest BCUT2D eigenvalue weighted by atomic mass is 35.5. The second kappa shape index (κ2) is 12.0. The average Bonchev–Trinajstić information content (AvgIpc) is 3.40. The van der Waals surface area contributed by atoms with Crippen LogP contribution < -0.4 is 10.2 Å². The van der Waals surface area contributed by atoms with Gasteiger partial charge in [0.25, 0.3) is 5.91 Å². The number of nitrogens with one attached hydrogen (secondary N) is 1. The minimum atomic E-state index is -3.67. The molecule has 11 heteroatoms. The van der Waals surface area contributed by atoms with Gasteiger partial charge in [0.2, 0.25) is 10.0 Å². The van der Waals surface area contributed by atoms with E-state index in [1.807, 2.05) is 48.5 Å². The van der Waals surface area contributed by atoms with Gasteiger partial charge in [0.1, 0.15) is 5.52 Å². The number of sulfonamides is 1. The van der Waals surface area contributed by atoms with Gasteiger partial charge in [-0.05, 0) is 42.0 Å². The van der Waals surface area contributed by atoms with E-state index >= 15 is 0 Å². The standard InChI is InChI=1S/C28H30ClN5O3S2/c1-32(20-21-6-3-2-4-7-21)39(36,37)23-12-10-22(11-13-23)27(35)30-14-15-33-16-18-34(19-17-33)28-31-26-24(29)8-5-9-25(26)38-28/h2-13H,14-20H2,1H3,(H,30,35). The molecule has 1 aromatic heterocycles. The molecule has 1 saturated heterocycles. The number of hydrogen-bond acceptors (Lipinski definition) is 7. The average molecular weight is 584 g/mol. The van der Waals surface area contributed by atoms with Crippen LogP contribution in [0.5, 0.6) is 0 Å². The van der Waals surface area contributed by atoms with Crippen molar-refractivity contribution in [3.05, 3.63) is 88.9 Å². The lowest BCUT2D eigenvalue weighted by molar-refractivity contribution is 0.0947. The lowest BCUT2D eigenvalue weighted by Crippen LogP contribution is -2.48. The number of hydrogen-bond donors (Lipinski definition) is 1. The van der Waals surface area contributed by atoms with Crippen molar-refractivity contribution >= 4 is 54.2 Å². The lowest BCUT2D eigenvalue weighted by Gasteiger charge is -2.34. The summed E-state index contributed by atoms with van der Waals surface area (Å²) in [5.74, 6) is -0.221. The Morgan fingerprint density at radius 2 is 1.72 bits per heavy atom. The maximum atomic E-state index is 12.9. The molecule has 1 amide bonds. The first-order valence-electron chi connectivity index (χ1n) is 12.7. The Morgan fingerprint density at radius 3 is 2.41 bits per heavy atom. The van der Waals surface area contributed by atoms with Crippen LogP contribution in [0.2, 0.25) is 5.02 Å². The number of halogens is 1. The van der Waals surface area contributed by atoms with E-state index in [4.69, 9.17) is 16.6 Å². The zero-order valence-electron chi connectivity index (χ0n) is 21.6. The lowest BCUT2D eigenvalue weighted by atomic mass is 10.2. The smallest absolute Gasteiger partial charge is 0.251 e. The number of carbonyl (C=O) groups is 1. The summed E-state index contributed by atoms with van der Waals surface area (Å²) in [5, 5.41) is 4.61. The van der Waals surface area contributed by atoms with Crippen molar-refractivity contribution in [1.82, 2.24) is 19.5 Å². The fourth-order valence-corrected chi connectivity index (χ4v) is 6.99. The summed E-state index contributed by atoms with van der Waals surface area (Å²) in [6.07, 6.45) is 0. The molecule has 4 aromatic rings. The van der Waals surface area contributed by atoms with Crippen LogP contribution in [0.15, 0.2) is 77.7 Å². The van der Waals surface area contributed by atoms with Crippen LogP contribution in [0.1, 0.15) is 15.9 Å². The van der Waals surface area contributed by atoms with E-state index in [1.54, 1.807) is 30.5 Å². The van der Waals surface area contributed by atoms with E-state index in [-0.39, 0.29) is 17.3 Å². The Hall–Kier alpha value is -3.02. The van der Waals surface area contributed by atoms with Gasteiger partial charge in [-0.3, -0.25) is 9.69 Å². The molecule has 0 radical (unpaired) electrons. The fraction of sp³-hybridized carbons (Fsp3) is 0.286. The molecular weight excluding hydrogens is 554 g/mol. The number of anilines is 1. The topological polar surface area (TPSA) is 85.8 Å². The van der Waals surface area contributed by atoms with Crippen molar-refractivity contribution in [3.8, 4) is 0 Å². The first-order chi connectivity index (χ1) is 18.8. The number of benzene rings is 3. The van der Waals surface area contributed by atoms with Crippen molar-refractivity contribution in [3.63, 3.8) is 0 Å². The Labute approximate surface area is 237 Å². The normalized spacial score (nSPS) is 14.7. The minimum absolute atomic E-state index is 0.158. The number of fused-ring (bicyclic) bond motifs is 1. The molecule has 1 fully saturated rings. The van der Waals surface area contributed by atoms with Crippen LogP contribution in [-0.2, 0) is 16.6 Å². The highest BCUT2D eigenvalue weighted by Crippen LogP contribution is 2.33. The molecule has 1 aliphatic heterocycles. The zero-order valence-corrected chi connectivity index (χ0v) is 24.0. The molecule has 0 unspecified atom stereocenters. The number of carbonyl (C=O) groups excluding carboxylic acids is 1. The highest BCUT2D eigenvalue weighted by Gasteiger charge is 2.22. The number of amides is 1. The summed E-state index contributed by atoms with van der Waals surface area (Å²) in [6, 6.07) is 21.4. The number of thiazole rings is 1. The van der Waals surface area contributed by atoms with Crippen LogP contribution in [-0.4, -0.2) is 74.8 Å². The SMILES string of the molecule is CN(Cc1ccccc1)S(=O)(=O)c1ccc(C(=O)NCCN2CCN(c3nc4c(Cl)cccc4s3)CC2)cc1. The van der Waals surface area contributed by atoms with E-state index in [1.165, 1.54) is 16.4 Å². The predicted molar refractivity (Wildman–Crippen MR) is 157 cm³/mol. The van der Waals surface area contributed by atoms with Crippen LogP contribution in [0, 0.1) is 0 Å². The number of nitrogens with zero attached hydrogens (tertiary/aromatic N) is 4. The number of rotatable bonds is 9. The van der Waals surface area contributed by atoms with E-state index in [2.05, 4.69) is 15.1 Å². The van der Waals surface area contributed by atoms with Crippen molar-refractivity contribution in [1.29, 1.82) is 0 Å². The number of aromatic nitrogens is 1. The summed E-state index contributed by atoms with van der Waals surface area (Å²) in [5.41, 5.74) is 2.19. The van der Waals surface area contributed by atoms with E-state index in [0.29, 0.717) is 17.1 Å². The third-order valence-electron chi connectivity index (χ3n) is 6.79. The first-order valence-corrected chi connectivity index (χ1v) is 15.4. The van der Waals surface area contributed by atoms with Gasteiger partial charge in [-0.15, -0.1) is 0 Å². The van der Waals surface area contributed by atoms with Gasteiger partial charge in [-0.25, -0.2) is 13.4 Å². The summed E-state index contributed by atoms with van der Waals surface area (Å²) >= 11 is 7.94. The Morgan fingerprint density at radius 1 is 1.00 bits per heavy atom. The maximum absolute atomic E-state index is 12.9. The van der Waals surface area contributed by atoms with Gasteiger partial charge < -0.3 is 10.2 Å². The van der Waals surface area contributed by atoms with Crippen molar-refractivity contribution in [2.24, 2.45) is 0 Å². The Bertz CT molecular complexity index is 1540. The van der Waals surface area contributed by atoms with Crippen LogP contribution in [0.4, 0.5) is 5.13 Å². The van der Waals surface area contributed by atoms with E-state index in [9.17, 15) is 13.2 Å². The van der Waals surface area contributed by atoms with Crippen molar-refractivity contribution in [2.45, 2.75) is 11.4 Å². The third kappa shape index (κ3) is 6.42. The quantitative estimate of drug-likeness (QED) is 0.316. The molecule has 5 rings (SSSR count). The second-order valence-electron chi connectivity index (χ2n) is 9.44. The second-order valence-corrected chi connectivity index (χ2v) is 12.9. The van der Waals surface area contributed by atoms with Crippen LogP contribution in [0.25, 0.3) is 10.2 Å². The monoisotopic (exact) mass is 583 g/mol. The van der Waals surface area contributed by atoms with Gasteiger partial charge in [0.15, 0.2) is 5.13 Å². The summed E-state index contributed by atoms with van der Waals surface area (Å²) in [4.78, 5) is 22.1. The van der Waals surface area contributed by atoms with Crippen LogP contribution >= 0.6 is 22.9 Å². The van der Waals surface area contributed by atoms with E-state index in [0.717, 1.165) is 53.6 Å². The molecule has 0 atom stereocenters. The van der Waals surface area contributed by atoms with Gasteiger partial charge in [0, 0.05) is 58.4 Å². The molecule has 0 saturated carbocycles. The molecule has 1 N–H and O–H groups in total. The number of piperazine rings is 1. The maximum Gasteiger partial charge on any atom is 0.251 e.